The number of imidazole rings is 1. The van der Waals surface area contributed by atoms with Crippen LogP contribution >= 0.6 is 0 Å². The van der Waals surface area contributed by atoms with Crippen molar-refractivity contribution in [2.75, 3.05) is 6.26 Å². The predicted molar refractivity (Wildman–Crippen MR) is 54.2 cm³/mol. The van der Waals surface area contributed by atoms with Crippen LogP contribution in [-0.2, 0) is 10.8 Å². The number of aromatic amines is 1. The quantitative estimate of drug-likeness (QED) is 0.675. The molecule has 2 rings (SSSR count). The first-order chi connectivity index (χ1) is 5.77. The van der Waals surface area contributed by atoms with Crippen molar-refractivity contribution in [2.45, 2.75) is 5.16 Å². The van der Waals surface area contributed by atoms with E-state index in [0.717, 1.165) is 11.0 Å². The molecule has 0 saturated heterocycles. The number of aromatic nitrogens is 2. The van der Waals surface area contributed by atoms with Gasteiger partial charge < -0.3 is 4.98 Å². The maximum Gasteiger partial charge on any atom is 0.197 e. The van der Waals surface area contributed by atoms with Gasteiger partial charge in [-0.25, -0.2) is 4.98 Å². The van der Waals surface area contributed by atoms with Crippen molar-refractivity contribution in [3.63, 3.8) is 0 Å². The molecule has 3 nitrogen and oxygen atoms in total. The molecule has 13 heavy (non-hydrogen) atoms. The van der Waals surface area contributed by atoms with Crippen LogP contribution in [0.15, 0.2) is 29.4 Å². The summed E-state index contributed by atoms with van der Waals surface area (Å²) in [5, 5.41) is 0.538. The second-order valence-electron chi connectivity index (χ2n) is 2.51. The molecular weight excluding hydrogens is 179 g/mol. The summed E-state index contributed by atoms with van der Waals surface area (Å²) < 4.78 is 11.0. The van der Waals surface area contributed by atoms with E-state index in [1.54, 1.807) is 6.26 Å². The van der Waals surface area contributed by atoms with Gasteiger partial charge in [-0.1, -0.05) is 12.1 Å². The van der Waals surface area contributed by atoms with Gasteiger partial charge in [0, 0.05) is 25.1 Å². The van der Waals surface area contributed by atoms with Crippen LogP contribution in [0.4, 0.5) is 0 Å². The maximum atomic E-state index is 11.0. The minimum Gasteiger partial charge on any atom is -0.331 e. The monoisotopic (exact) mass is 187 g/mol. The van der Waals surface area contributed by atoms with Crippen molar-refractivity contribution in [3.05, 3.63) is 24.3 Å². The fraction of sp³-hybridized carbons (Fsp3) is 0.125. The zero-order valence-electron chi connectivity index (χ0n) is 7.57. The van der Waals surface area contributed by atoms with Gasteiger partial charge in [0.25, 0.3) is 0 Å². The Labute approximate surface area is 90.6 Å². The number of H-pyrrole nitrogens is 1. The summed E-state index contributed by atoms with van der Waals surface area (Å²) in [7, 11) is -1.03. The molecule has 0 amide bonds. The Balaban J connectivity index is 0.000000845. The van der Waals surface area contributed by atoms with Crippen molar-refractivity contribution in [1.82, 2.24) is 9.97 Å². The molecule has 63 valence electrons. The summed E-state index contributed by atoms with van der Waals surface area (Å²) in [5.41, 5.74) is 1.80. The summed E-state index contributed by atoms with van der Waals surface area (Å²) in [6.07, 6.45) is 1.61. The fourth-order valence-electron chi connectivity index (χ4n) is 1.07. The average molecular weight is 187 g/mol. The number of nitrogens with one attached hydrogen (secondary N) is 1. The van der Waals surface area contributed by atoms with E-state index in [1.165, 1.54) is 0 Å². The van der Waals surface area contributed by atoms with Crippen molar-refractivity contribution in [3.8, 4) is 0 Å². The number of hydrogen-bond acceptors (Lipinski definition) is 2. The van der Waals surface area contributed by atoms with Crippen LogP contribution < -0.4 is 0 Å². The summed E-state index contributed by atoms with van der Waals surface area (Å²) in [6, 6.07) is 7.63. The third-order valence-corrected chi connectivity index (χ3v) is 2.38. The van der Waals surface area contributed by atoms with E-state index >= 15 is 0 Å². The number of para-hydroxylation sites is 2. The van der Waals surface area contributed by atoms with Gasteiger partial charge in [0.2, 0.25) is 0 Å². The molecule has 0 aliphatic heterocycles. The van der Waals surface area contributed by atoms with Crippen LogP contribution in [0.1, 0.15) is 0 Å². The number of benzene rings is 1. The second-order valence-corrected chi connectivity index (χ2v) is 3.81. The molecule has 0 saturated carbocycles. The first-order valence-electron chi connectivity index (χ1n) is 3.55. The van der Waals surface area contributed by atoms with E-state index in [9.17, 15) is 4.21 Å². The molecule has 1 aromatic carbocycles. The predicted octanol–water partition coefficient (Wildman–Crippen LogP) is 0.919. The van der Waals surface area contributed by atoms with Crippen molar-refractivity contribution < 1.29 is 4.21 Å². The van der Waals surface area contributed by atoms with Crippen LogP contribution in [0.5, 0.6) is 0 Å². The van der Waals surface area contributed by atoms with E-state index in [0.29, 0.717) is 5.16 Å². The standard InChI is InChI=1S/C8H8N2OS.Li/c1-12(11)8-9-6-4-2-3-5-7(6)10-8;/h2-5H,1H3,(H,9,10);. The Bertz CT molecular complexity index is 407. The van der Waals surface area contributed by atoms with E-state index in [1.807, 2.05) is 24.3 Å². The molecule has 0 spiro atoms. The Morgan fingerprint density at radius 2 is 2.08 bits per heavy atom. The van der Waals surface area contributed by atoms with Crippen LogP contribution in [0.2, 0.25) is 0 Å². The van der Waals surface area contributed by atoms with Crippen molar-refractivity contribution >= 4 is 40.7 Å². The third-order valence-electron chi connectivity index (χ3n) is 1.64. The molecule has 1 unspecified atom stereocenters. The number of nitrogens with zero attached hydrogens (tertiary/aromatic N) is 1. The van der Waals surface area contributed by atoms with E-state index in [4.69, 9.17) is 0 Å². The Morgan fingerprint density at radius 3 is 2.69 bits per heavy atom. The number of hydrogen-bond donors (Lipinski definition) is 1. The van der Waals surface area contributed by atoms with Gasteiger partial charge in [-0.15, -0.1) is 0 Å². The summed E-state index contributed by atoms with van der Waals surface area (Å²) in [6.45, 7) is 0. The molecule has 2 aromatic rings. The van der Waals surface area contributed by atoms with Crippen molar-refractivity contribution in [2.24, 2.45) is 0 Å². The Kier molecular flexibility index (Phi) is 3.32. The van der Waals surface area contributed by atoms with Gasteiger partial charge in [-0.3, -0.25) is 4.21 Å². The molecule has 1 aromatic heterocycles. The maximum absolute atomic E-state index is 11.0. The molecule has 0 bridgehead atoms. The van der Waals surface area contributed by atoms with Crippen LogP contribution in [0.25, 0.3) is 11.0 Å². The summed E-state index contributed by atoms with van der Waals surface area (Å²) in [5.74, 6) is 0. The van der Waals surface area contributed by atoms with Crippen LogP contribution in [0, 0.1) is 0 Å². The minimum atomic E-state index is -1.03. The molecule has 0 aliphatic carbocycles. The topological polar surface area (TPSA) is 45.8 Å². The molecule has 1 heterocycles. The largest absolute Gasteiger partial charge is 0.331 e. The van der Waals surface area contributed by atoms with Crippen LogP contribution in [0.3, 0.4) is 0 Å². The SMILES string of the molecule is CS(=O)c1nc2ccccc2[nH]1.[Li]. The molecule has 5 heteroatoms. The van der Waals surface area contributed by atoms with Gasteiger partial charge in [-0.2, -0.15) is 0 Å². The van der Waals surface area contributed by atoms with Gasteiger partial charge in [0.15, 0.2) is 5.16 Å². The molecule has 0 aliphatic rings. The zero-order valence-corrected chi connectivity index (χ0v) is 8.39. The Morgan fingerprint density at radius 1 is 1.38 bits per heavy atom. The van der Waals surface area contributed by atoms with Gasteiger partial charge in [0.05, 0.1) is 21.8 Å². The first kappa shape index (κ1) is 10.5. The first-order valence-corrected chi connectivity index (χ1v) is 5.11. The third kappa shape index (κ3) is 2.02. The molecule has 1 radical (unpaired) electrons. The molecule has 0 fully saturated rings. The average Bonchev–Trinajstić information content (AvgIpc) is 2.46. The van der Waals surface area contributed by atoms with Gasteiger partial charge in [0.1, 0.15) is 0 Å². The summed E-state index contributed by atoms with van der Waals surface area (Å²) in [4.78, 5) is 7.14. The van der Waals surface area contributed by atoms with Gasteiger partial charge >= 0.3 is 0 Å². The van der Waals surface area contributed by atoms with E-state index in [2.05, 4.69) is 9.97 Å². The number of fused-ring (bicyclic) bond motifs is 1. The normalized spacial score (nSPS) is 12.4. The Hall–Kier alpha value is -0.563. The zero-order chi connectivity index (χ0) is 8.55. The minimum absolute atomic E-state index is 0. The van der Waals surface area contributed by atoms with E-state index in [-0.39, 0.29) is 18.9 Å². The fourth-order valence-corrected chi connectivity index (χ4v) is 1.55. The molecule has 1 N–H and O–H groups in total. The molecular formula is C8H8LiN2OS. The second kappa shape index (κ2) is 4.10. The van der Waals surface area contributed by atoms with E-state index < -0.39 is 10.8 Å². The van der Waals surface area contributed by atoms with Crippen LogP contribution in [-0.4, -0.2) is 39.3 Å². The smallest absolute Gasteiger partial charge is 0.197 e. The van der Waals surface area contributed by atoms with Crippen molar-refractivity contribution in [1.29, 1.82) is 0 Å². The number of rotatable bonds is 1. The molecule has 1 atom stereocenters. The van der Waals surface area contributed by atoms with Gasteiger partial charge in [-0.05, 0) is 12.1 Å². The summed E-state index contributed by atoms with van der Waals surface area (Å²) >= 11 is 0.